The Bertz CT molecular complexity index is 437. The number of ether oxygens (including phenoxy) is 1. The molecule has 1 N–H and O–H groups in total. The number of rotatable bonds is 12. The second-order valence-electron chi connectivity index (χ2n) is 4.61. The molecule has 0 heterocycles. The van der Waals surface area contributed by atoms with E-state index in [2.05, 4.69) is 0 Å². The fraction of sp³-hybridized carbons (Fsp3) is 0.692. The van der Waals surface area contributed by atoms with Crippen molar-refractivity contribution in [3.63, 3.8) is 0 Å². The number of carbonyl (C=O) groups is 2. The third-order valence-electron chi connectivity index (χ3n) is 3.74. The Kier molecular flexibility index (Phi) is 9.67. The summed E-state index contributed by atoms with van der Waals surface area (Å²) in [6.45, 7) is 1.69. The van der Waals surface area contributed by atoms with E-state index in [0.29, 0.717) is 6.08 Å². The standard InChI is InChI=1S/C13H26O10Si2/c1-8-13(24(17-2,18-3)19-4,25(20-5,21-6)22-7)23-12(16)10-9-11(14)15/h9-10H,8H2,1-7H3,(H,14,15)/b10-9+. The second-order valence-corrected chi connectivity index (χ2v) is 11.4. The first kappa shape index (κ1) is 23.9. The molecule has 0 aliphatic rings. The molecule has 0 aromatic rings. The van der Waals surface area contributed by atoms with E-state index in [-0.39, 0.29) is 6.42 Å². The third kappa shape index (κ3) is 4.35. The van der Waals surface area contributed by atoms with Crippen molar-refractivity contribution in [2.24, 2.45) is 0 Å². The Labute approximate surface area is 149 Å². The van der Waals surface area contributed by atoms with Crippen molar-refractivity contribution >= 4 is 29.5 Å². The van der Waals surface area contributed by atoms with Crippen molar-refractivity contribution < 1.29 is 46.0 Å². The van der Waals surface area contributed by atoms with Crippen molar-refractivity contribution in [1.82, 2.24) is 0 Å². The summed E-state index contributed by atoms with van der Waals surface area (Å²) < 4.78 is 38.6. The maximum Gasteiger partial charge on any atom is 0.551 e. The molecule has 0 aromatic heterocycles. The van der Waals surface area contributed by atoms with Gasteiger partial charge in [-0.3, -0.25) is 0 Å². The molecule has 0 spiro atoms. The Balaban J connectivity index is 6.44. The predicted octanol–water partition coefficient (Wildman–Crippen LogP) is 0.154. The highest BCUT2D eigenvalue weighted by Crippen LogP contribution is 2.40. The minimum Gasteiger partial charge on any atom is -0.478 e. The number of esters is 1. The van der Waals surface area contributed by atoms with Crippen molar-refractivity contribution in [3.05, 3.63) is 12.2 Å². The zero-order valence-electron chi connectivity index (χ0n) is 15.5. The molecular weight excluding hydrogens is 372 g/mol. The van der Waals surface area contributed by atoms with Gasteiger partial charge in [-0.15, -0.1) is 0 Å². The van der Waals surface area contributed by atoms with Crippen LogP contribution < -0.4 is 0 Å². The van der Waals surface area contributed by atoms with Crippen LogP contribution >= 0.6 is 0 Å². The monoisotopic (exact) mass is 398 g/mol. The van der Waals surface area contributed by atoms with Crippen LogP contribution in [0.3, 0.4) is 0 Å². The van der Waals surface area contributed by atoms with Crippen LogP contribution in [-0.2, 0) is 40.9 Å². The topological polar surface area (TPSA) is 119 Å². The Morgan fingerprint density at radius 1 is 0.840 bits per heavy atom. The summed E-state index contributed by atoms with van der Waals surface area (Å²) in [6.07, 6.45) is 1.50. The maximum absolute atomic E-state index is 12.2. The zero-order chi connectivity index (χ0) is 19.7. The van der Waals surface area contributed by atoms with Crippen LogP contribution in [0.5, 0.6) is 0 Å². The van der Waals surface area contributed by atoms with E-state index in [4.69, 9.17) is 36.4 Å². The highest BCUT2D eigenvalue weighted by atomic mass is 28.5. The van der Waals surface area contributed by atoms with Crippen LogP contribution in [0, 0.1) is 0 Å². The van der Waals surface area contributed by atoms with Gasteiger partial charge in [0.25, 0.3) is 0 Å². The first-order chi connectivity index (χ1) is 11.7. The van der Waals surface area contributed by atoms with Gasteiger partial charge in [0.05, 0.1) is 0 Å². The van der Waals surface area contributed by atoms with E-state index in [1.807, 2.05) is 0 Å². The number of aliphatic carboxylic acids is 1. The Hall–Kier alpha value is -1.13. The lowest BCUT2D eigenvalue weighted by Crippen LogP contribution is -2.80. The van der Waals surface area contributed by atoms with Crippen LogP contribution in [0.25, 0.3) is 0 Å². The van der Waals surface area contributed by atoms with E-state index in [1.165, 1.54) is 42.7 Å². The largest absolute Gasteiger partial charge is 0.551 e. The van der Waals surface area contributed by atoms with Crippen molar-refractivity contribution in [1.29, 1.82) is 0 Å². The average molecular weight is 399 g/mol. The first-order valence-corrected chi connectivity index (χ1v) is 10.6. The van der Waals surface area contributed by atoms with Crippen LogP contribution in [-0.4, -0.2) is 82.2 Å². The van der Waals surface area contributed by atoms with Gasteiger partial charge in [0.1, 0.15) is 0 Å². The zero-order valence-corrected chi connectivity index (χ0v) is 17.5. The molecular formula is C13H26O10Si2. The Morgan fingerprint density at radius 3 is 1.44 bits per heavy atom. The molecule has 10 nitrogen and oxygen atoms in total. The van der Waals surface area contributed by atoms with E-state index in [9.17, 15) is 9.59 Å². The van der Waals surface area contributed by atoms with Crippen LogP contribution in [0.2, 0.25) is 0 Å². The highest BCUT2D eigenvalue weighted by Gasteiger charge is 2.78. The molecule has 0 fully saturated rings. The van der Waals surface area contributed by atoms with Gasteiger partial charge in [-0.2, -0.15) is 0 Å². The number of carboxylic acid groups (broad SMARTS) is 1. The van der Waals surface area contributed by atoms with E-state index in [0.717, 1.165) is 6.08 Å². The summed E-state index contributed by atoms with van der Waals surface area (Å²) in [5.41, 5.74) is 0. The number of carboxylic acids is 1. The van der Waals surface area contributed by atoms with Crippen molar-refractivity contribution in [2.75, 3.05) is 42.7 Å². The molecule has 0 atom stereocenters. The van der Waals surface area contributed by atoms with Crippen molar-refractivity contribution in [2.45, 2.75) is 18.2 Å². The van der Waals surface area contributed by atoms with Gasteiger partial charge in [-0.05, 0) is 6.42 Å². The van der Waals surface area contributed by atoms with Gasteiger partial charge < -0.3 is 36.4 Å². The quantitative estimate of drug-likeness (QED) is 0.276. The molecule has 25 heavy (non-hydrogen) atoms. The molecule has 0 rings (SSSR count). The van der Waals surface area contributed by atoms with E-state index >= 15 is 0 Å². The minimum absolute atomic E-state index is 0.100. The summed E-state index contributed by atoms with van der Waals surface area (Å²) >= 11 is 0. The Morgan fingerprint density at radius 2 is 1.20 bits per heavy atom. The molecule has 12 heteroatoms. The molecule has 0 aromatic carbocycles. The maximum atomic E-state index is 12.2. The molecule has 0 aliphatic carbocycles. The lowest BCUT2D eigenvalue weighted by molar-refractivity contribution is -0.152. The van der Waals surface area contributed by atoms with E-state index < -0.39 is 34.4 Å². The lowest BCUT2D eigenvalue weighted by Gasteiger charge is -2.47. The molecule has 0 radical (unpaired) electrons. The molecule has 0 bridgehead atoms. The molecule has 0 unspecified atom stereocenters. The summed E-state index contributed by atoms with van der Waals surface area (Å²) in [6, 6.07) is 0. The van der Waals surface area contributed by atoms with Gasteiger partial charge in [0.2, 0.25) is 4.85 Å². The number of hydrogen-bond donors (Lipinski definition) is 1. The molecule has 0 aliphatic heterocycles. The lowest BCUT2D eigenvalue weighted by atomic mass is 10.5. The molecule has 0 saturated carbocycles. The third-order valence-corrected chi connectivity index (χ3v) is 11.7. The summed E-state index contributed by atoms with van der Waals surface area (Å²) in [5, 5.41) is 8.69. The second kappa shape index (κ2) is 10.1. The van der Waals surface area contributed by atoms with Gasteiger partial charge in [0.15, 0.2) is 0 Å². The smallest absolute Gasteiger partial charge is 0.478 e. The fourth-order valence-corrected chi connectivity index (χ4v) is 10.3. The molecule has 146 valence electrons. The number of hydrogen-bond acceptors (Lipinski definition) is 9. The normalized spacial score (nSPS) is 13.2. The van der Waals surface area contributed by atoms with Crippen molar-refractivity contribution in [3.8, 4) is 0 Å². The van der Waals surface area contributed by atoms with Crippen LogP contribution in [0.4, 0.5) is 0 Å². The molecule has 0 amide bonds. The SMILES string of the molecule is CCC(OC(=O)/C=C/C(=O)O)([Si](OC)(OC)OC)[Si](OC)(OC)OC. The molecule has 0 saturated heterocycles. The van der Waals surface area contributed by atoms with E-state index in [1.54, 1.807) is 6.92 Å². The van der Waals surface area contributed by atoms with Gasteiger partial charge in [-0.1, -0.05) is 6.92 Å². The number of carbonyl (C=O) groups excluding carboxylic acids is 1. The summed E-state index contributed by atoms with van der Waals surface area (Å²) in [5.74, 6) is -2.27. The first-order valence-electron chi connectivity index (χ1n) is 7.19. The van der Waals surface area contributed by atoms with Gasteiger partial charge in [0, 0.05) is 54.8 Å². The fourth-order valence-electron chi connectivity index (χ4n) is 2.65. The van der Waals surface area contributed by atoms with Gasteiger partial charge >= 0.3 is 29.5 Å². The average Bonchev–Trinajstić information content (AvgIpc) is 2.63. The summed E-state index contributed by atoms with van der Waals surface area (Å²) in [7, 11) is 0.524. The van der Waals surface area contributed by atoms with Crippen LogP contribution in [0.1, 0.15) is 13.3 Å². The predicted molar refractivity (Wildman–Crippen MR) is 89.5 cm³/mol. The minimum atomic E-state index is -3.75. The summed E-state index contributed by atoms with van der Waals surface area (Å²) in [4.78, 5) is 21.2. The van der Waals surface area contributed by atoms with Crippen LogP contribution in [0.15, 0.2) is 12.2 Å². The van der Waals surface area contributed by atoms with Gasteiger partial charge in [-0.25, -0.2) is 9.59 Å². The highest BCUT2D eigenvalue weighted by molar-refractivity contribution is 6.85.